The first-order valence-corrected chi connectivity index (χ1v) is 7.58. The van der Waals surface area contributed by atoms with Crippen molar-refractivity contribution in [2.24, 2.45) is 17.8 Å². The molecule has 0 bridgehead atoms. The van der Waals surface area contributed by atoms with Crippen molar-refractivity contribution < 1.29 is 0 Å². The van der Waals surface area contributed by atoms with Crippen molar-refractivity contribution in [1.82, 2.24) is 5.32 Å². The average Bonchev–Trinajstić information content (AvgIpc) is 3.12. The lowest BCUT2D eigenvalue weighted by molar-refractivity contribution is 0.166. The highest BCUT2D eigenvalue weighted by molar-refractivity contribution is 4.88. The zero-order valence-corrected chi connectivity index (χ0v) is 11.2. The van der Waals surface area contributed by atoms with E-state index in [0.29, 0.717) is 0 Å². The zero-order valence-electron chi connectivity index (χ0n) is 11.2. The maximum Gasteiger partial charge on any atom is 0.0100 e. The summed E-state index contributed by atoms with van der Waals surface area (Å²) in [5.74, 6) is 3.07. The van der Waals surface area contributed by atoms with Crippen LogP contribution in [0, 0.1) is 17.8 Å². The minimum atomic E-state index is 0.836. The van der Waals surface area contributed by atoms with Crippen LogP contribution < -0.4 is 5.32 Å². The predicted molar refractivity (Wildman–Crippen MR) is 70.5 cm³/mol. The molecule has 0 aromatic heterocycles. The Hall–Kier alpha value is -0.0400. The molecule has 3 atom stereocenters. The van der Waals surface area contributed by atoms with E-state index in [0.717, 1.165) is 30.3 Å². The van der Waals surface area contributed by atoms with E-state index < -0.39 is 0 Å². The molecule has 0 saturated heterocycles. The van der Waals surface area contributed by atoms with Gasteiger partial charge in [-0.25, -0.2) is 0 Å². The summed E-state index contributed by atoms with van der Waals surface area (Å²) in [4.78, 5) is 0. The number of hydrogen-bond donors (Lipinski definition) is 1. The fourth-order valence-corrected chi connectivity index (χ4v) is 3.66. The largest absolute Gasteiger partial charge is 0.314 e. The third kappa shape index (κ3) is 3.23. The number of nitrogens with one attached hydrogen (secondary N) is 1. The Labute approximate surface area is 101 Å². The summed E-state index contributed by atoms with van der Waals surface area (Å²) in [5, 5.41) is 3.79. The molecule has 16 heavy (non-hydrogen) atoms. The highest BCUT2D eigenvalue weighted by atomic mass is 14.9. The molecule has 2 rings (SSSR count). The standard InChI is InChI=1S/C15H29N/c1-3-13-7-5-6-8-14(13)15(16-4-2)11-12-9-10-12/h12-16H,3-11H2,1-2H3. The van der Waals surface area contributed by atoms with Gasteiger partial charge in [-0.1, -0.05) is 52.4 Å². The van der Waals surface area contributed by atoms with Crippen molar-refractivity contribution in [3.63, 3.8) is 0 Å². The first kappa shape index (κ1) is 12.4. The summed E-state index contributed by atoms with van der Waals surface area (Å²) in [6.07, 6.45) is 11.8. The molecule has 0 aromatic rings. The van der Waals surface area contributed by atoms with Crippen LogP contribution in [0.4, 0.5) is 0 Å². The monoisotopic (exact) mass is 223 g/mol. The van der Waals surface area contributed by atoms with E-state index in [2.05, 4.69) is 19.2 Å². The van der Waals surface area contributed by atoms with E-state index in [1.165, 1.54) is 51.4 Å². The average molecular weight is 223 g/mol. The van der Waals surface area contributed by atoms with Crippen molar-refractivity contribution in [1.29, 1.82) is 0 Å². The van der Waals surface area contributed by atoms with Crippen LogP contribution in [0.25, 0.3) is 0 Å². The number of rotatable bonds is 6. The SMILES string of the molecule is CCNC(CC1CC1)C1CCCCC1CC. The molecule has 2 saturated carbocycles. The van der Waals surface area contributed by atoms with Gasteiger partial charge >= 0.3 is 0 Å². The molecule has 1 heteroatoms. The molecule has 2 fully saturated rings. The third-order valence-electron chi connectivity index (χ3n) is 4.76. The van der Waals surface area contributed by atoms with Gasteiger partial charge in [-0.2, -0.15) is 0 Å². The minimum absolute atomic E-state index is 0.836. The lowest BCUT2D eigenvalue weighted by atomic mass is 9.73. The predicted octanol–water partition coefficient (Wildman–Crippen LogP) is 3.98. The Morgan fingerprint density at radius 1 is 1.06 bits per heavy atom. The first-order valence-electron chi connectivity index (χ1n) is 7.58. The van der Waals surface area contributed by atoms with E-state index in [4.69, 9.17) is 0 Å². The molecular formula is C15H29N. The minimum Gasteiger partial charge on any atom is -0.314 e. The Balaban J connectivity index is 1.91. The van der Waals surface area contributed by atoms with Crippen molar-refractivity contribution in [2.45, 2.75) is 71.3 Å². The van der Waals surface area contributed by atoms with Crippen molar-refractivity contribution in [2.75, 3.05) is 6.54 Å². The van der Waals surface area contributed by atoms with Gasteiger partial charge in [0.2, 0.25) is 0 Å². The van der Waals surface area contributed by atoms with Crippen molar-refractivity contribution >= 4 is 0 Å². The van der Waals surface area contributed by atoms with E-state index in [9.17, 15) is 0 Å². The summed E-state index contributed by atoms with van der Waals surface area (Å²) in [7, 11) is 0. The normalized spacial score (nSPS) is 32.6. The Bertz CT molecular complexity index is 198. The first-order chi connectivity index (χ1) is 7.85. The topological polar surface area (TPSA) is 12.0 Å². The van der Waals surface area contributed by atoms with Crippen LogP contribution >= 0.6 is 0 Å². The second-order valence-corrected chi connectivity index (χ2v) is 5.96. The molecule has 0 aromatic carbocycles. The van der Waals surface area contributed by atoms with Crippen LogP contribution in [0.1, 0.15) is 65.2 Å². The van der Waals surface area contributed by atoms with Gasteiger partial charge < -0.3 is 5.32 Å². The van der Waals surface area contributed by atoms with Gasteiger partial charge in [0, 0.05) is 6.04 Å². The fourth-order valence-electron chi connectivity index (χ4n) is 3.66. The summed E-state index contributed by atoms with van der Waals surface area (Å²) in [6, 6.07) is 0.836. The Morgan fingerprint density at radius 2 is 1.81 bits per heavy atom. The molecule has 0 spiro atoms. The molecule has 1 nitrogen and oxygen atoms in total. The van der Waals surface area contributed by atoms with Gasteiger partial charge in [0.1, 0.15) is 0 Å². The maximum absolute atomic E-state index is 3.79. The summed E-state index contributed by atoms with van der Waals surface area (Å²) in [6.45, 7) is 5.82. The van der Waals surface area contributed by atoms with Gasteiger partial charge in [-0.05, 0) is 37.1 Å². The van der Waals surface area contributed by atoms with Crippen LogP contribution in [0.15, 0.2) is 0 Å². The van der Waals surface area contributed by atoms with Crippen LogP contribution in [0.3, 0.4) is 0 Å². The molecule has 2 aliphatic carbocycles. The molecule has 94 valence electrons. The van der Waals surface area contributed by atoms with Crippen LogP contribution in [-0.4, -0.2) is 12.6 Å². The molecule has 2 aliphatic rings. The molecular weight excluding hydrogens is 194 g/mol. The van der Waals surface area contributed by atoms with Crippen LogP contribution in [0.5, 0.6) is 0 Å². The maximum atomic E-state index is 3.79. The van der Waals surface area contributed by atoms with Gasteiger partial charge in [-0.3, -0.25) is 0 Å². The molecule has 0 aliphatic heterocycles. The second-order valence-electron chi connectivity index (χ2n) is 5.96. The highest BCUT2D eigenvalue weighted by Crippen LogP contribution is 2.40. The van der Waals surface area contributed by atoms with Gasteiger partial charge in [0.05, 0.1) is 0 Å². The van der Waals surface area contributed by atoms with E-state index in [-0.39, 0.29) is 0 Å². The van der Waals surface area contributed by atoms with Crippen LogP contribution in [-0.2, 0) is 0 Å². The van der Waals surface area contributed by atoms with E-state index in [1.54, 1.807) is 0 Å². The lowest BCUT2D eigenvalue weighted by Crippen LogP contribution is -2.41. The fraction of sp³-hybridized carbons (Fsp3) is 1.00. The molecule has 0 radical (unpaired) electrons. The second kappa shape index (κ2) is 6.05. The van der Waals surface area contributed by atoms with Crippen molar-refractivity contribution in [3.05, 3.63) is 0 Å². The van der Waals surface area contributed by atoms with Gasteiger partial charge in [-0.15, -0.1) is 0 Å². The molecule has 1 N–H and O–H groups in total. The molecule has 0 heterocycles. The Morgan fingerprint density at radius 3 is 2.44 bits per heavy atom. The zero-order chi connectivity index (χ0) is 11.4. The quantitative estimate of drug-likeness (QED) is 0.718. The Kier molecular flexibility index (Phi) is 4.69. The van der Waals surface area contributed by atoms with E-state index in [1.807, 2.05) is 0 Å². The highest BCUT2D eigenvalue weighted by Gasteiger charge is 2.34. The molecule has 0 amide bonds. The van der Waals surface area contributed by atoms with Crippen LogP contribution in [0.2, 0.25) is 0 Å². The molecule has 3 unspecified atom stereocenters. The number of hydrogen-bond acceptors (Lipinski definition) is 1. The summed E-state index contributed by atoms with van der Waals surface area (Å²) < 4.78 is 0. The lowest BCUT2D eigenvalue weighted by Gasteiger charge is -2.37. The summed E-state index contributed by atoms with van der Waals surface area (Å²) in [5.41, 5.74) is 0. The summed E-state index contributed by atoms with van der Waals surface area (Å²) >= 11 is 0. The van der Waals surface area contributed by atoms with Crippen molar-refractivity contribution in [3.8, 4) is 0 Å². The van der Waals surface area contributed by atoms with Gasteiger partial charge in [0.15, 0.2) is 0 Å². The smallest absolute Gasteiger partial charge is 0.0100 e. The third-order valence-corrected chi connectivity index (χ3v) is 4.76. The van der Waals surface area contributed by atoms with Gasteiger partial charge in [0.25, 0.3) is 0 Å². The van der Waals surface area contributed by atoms with E-state index >= 15 is 0 Å².